The lowest BCUT2D eigenvalue weighted by molar-refractivity contribution is -0.124. The van der Waals surface area contributed by atoms with Gasteiger partial charge in [0.2, 0.25) is 0 Å². The molecule has 0 spiro atoms. The van der Waals surface area contributed by atoms with E-state index in [1.807, 2.05) is 34.1 Å². The molecular formula is C58H84N6O4S2. The monoisotopic (exact) mass is 993 g/mol. The fourth-order valence-electron chi connectivity index (χ4n) is 9.33. The highest BCUT2D eigenvalue weighted by Gasteiger charge is 2.50. The molecule has 0 fully saturated rings. The number of nitrogens with one attached hydrogen (secondary N) is 3. The third kappa shape index (κ3) is 14.0. The van der Waals surface area contributed by atoms with Gasteiger partial charge in [-0.3, -0.25) is 9.59 Å². The van der Waals surface area contributed by atoms with E-state index in [0.29, 0.717) is 49.4 Å². The van der Waals surface area contributed by atoms with E-state index < -0.39 is 0 Å². The molecule has 0 radical (unpaired) electrons. The normalized spacial score (nSPS) is 16.1. The van der Waals surface area contributed by atoms with Crippen molar-refractivity contribution in [1.82, 2.24) is 25.8 Å². The molecule has 2 aromatic heterocycles. The summed E-state index contributed by atoms with van der Waals surface area (Å²) in [5.74, 6) is 1.76. The van der Waals surface area contributed by atoms with E-state index in [4.69, 9.17) is 15.2 Å². The van der Waals surface area contributed by atoms with Gasteiger partial charge in [-0.1, -0.05) is 81.1 Å². The van der Waals surface area contributed by atoms with E-state index in [0.717, 1.165) is 144 Å². The summed E-state index contributed by atoms with van der Waals surface area (Å²) in [6.45, 7) is 22.4. The van der Waals surface area contributed by atoms with Crippen LogP contribution >= 0.6 is 22.7 Å². The second-order valence-corrected chi connectivity index (χ2v) is 21.3. The molecule has 10 nitrogen and oxygen atoms in total. The summed E-state index contributed by atoms with van der Waals surface area (Å²) in [4.78, 5) is 38.6. The molecule has 2 aromatic carbocycles. The number of rotatable bonds is 33. The summed E-state index contributed by atoms with van der Waals surface area (Å²) in [7, 11) is 0. The van der Waals surface area contributed by atoms with Gasteiger partial charge >= 0.3 is 0 Å². The summed E-state index contributed by atoms with van der Waals surface area (Å²) in [6.07, 6.45) is 12.4. The Labute approximate surface area is 428 Å². The second-order valence-electron chi connectivity index (χ2n) is 19.1. The molecule has 4 heterocycles. The molecule has 4 aromatic rings. The summed E-state index contributed by atoms with van der Waals surface area (Å²) < 4.78 is 12.5. The van der Waals surface area contributed by atoms with E-state index in [1.165, 1.54) is 6.42 Å². The number of benzene rings is 2. The Morgan fingerprint density at radius 3 is 1.29 bits per heavy atom. The van der Waals surface area contributed by atoms with Crippen LogP contribution in [0.25, 0.3) is 32.3 Å². The Morgan fingerprint density at radius 2 is 0.900 bits per heavy atom. The SMILES string of the molecule is CCCCNC(CC)COc1ccc(-c2ccc(C3=C4C(=O)N(CC(CC)NCCCC)C(c5ccc(-c6ccc(OCC(CC)C(N)CCC)cc6)s5)=C4C(=O)N3CC(CC)NCCCC)s2)cc1. The molecule has 0 bridgehead atoms. The molecule has 2 amide bonds. The molecule has 0 aliphatic carbocycles. The smallest absolute Gasteiger partial charge is 0.261 e. The topological polar surface area (TPSA) is 121 Å². The fourth-order valence-corrected chi connectivity index (χ4v) is 11.5. The van der Waals surface area contributed by atoms with Crippen molar-refractivity contribution in [3.63, 3.8) is 0 Å². The van der Waals surface area contributed by atoms with E-state index in [9.17, 15) is 0 Å². The minimum atomic E-state index is -0.106. The van der Waals surface area contributed by atoms with Gasteiger partial charge in [-0.05, 0) is 155 Å². The average Bonchev–Trinajstić information content (AvgIpc) is 4.18. The maximum Gasteiger partial charge on any atom is 0.261 e. The van der Waals surface area contributed by atoms with Gasteiger partial charge in [0.05, 0.1) is 38.9 Å². The predicted octanol–water partition coefficient (Wildman–Crippen LogP) is 12.4. The van der Waals surface area contributed by atoms with E-state index in [-0.39, 0.29) is 29.9 Å². The minimum Gasteiger partial charge on any atom is -0.493 e. The van der Waals surface area contributed by atoms with Crippen molar-refractivity contribution in [1.29, 1.82) is 0 Å². The molecule has 12 heteroatoms. The zero-order valence-corrected chi connectivity index (χ0v) is 45.3. The third-order valence-electron chi connectivity index (χ3n) is 14.0. The lowest BCUT2D eigenvalue weighted by atomic mass is 9.95. The van der Waals surface area contributed by atoms with Gasteiger partial charge in [-0.15, -0.1) is 22.7 Å². The van der Waals surface area contributed by atoms with E-state index in [1.54, 1.807) is 22.7 Å². The summed E-state index contributed by atoms with van der Waals surface area (Å²) in [5, 5.41) is 11.1. The fraction of sp³-hybridized carbons (Fsp3) is 0.552. The maximum absolute atomic E-state index is 15.4. The number of thiophene rings is 2. The Balaban J connectivity index is 1.37. The Kier molecular flexibility index (Phi) is 22.1. The van der Waals surface area contributed by atoms with Crippen LogP contribution in [0.4, 0.5) is 0 Å². The average molecular weight is 993 g/mol. The quantitative estimate of drug-likeness (QED) is 0.0348. The number of amides is 2. The van der Waals surface area contributed by atoms with Gasteiger partial charge in [-0.25, -0.2) is 0 Å². The number of hydrogen-bond donors (Lipinski definition) is 4. The lowest BCUT2D eigenvalue weighted by Gasteiger charge is -2.29. The van der Waals surface area contributed by atoms with E-state index >= 15 is 9.59 Å². The second kappa shape index (κ2) is 28.1. The van der Waals surface area contributed by atoms with Crippen LogP contribution in [0.2, 0.25) is 0 Å². The molecule has 0 saturated carbocycles. The molecule has 5 N–H and O–H groups in total. The number of hydrogen-bond acceptors (Lipinski definition) is 10. The number of carbonyl (C=O) groups excluding carboxylic acids is 2. The van der Waals surface area contributed by atoms with Crippen molar-refractivity contribution >= 4 is 45.9 Å². The first-order valence-electron chi connectivity index (χ1n) is 26.9. The van der Waals surface area contributed by atoms with Gasteiger partial charge in [0.15, 0.2) is 0 Å². The highest BCUT2D eigenvalue weighted by Crippen LogP contribution is 2.50. The van der Waals surface area contributed by atoms with Crippen LogP contribution in [-0.2, 0) is 9.59 Å². The molecular weight excluding hydrogens is 909 g/mol. The largest absolute Gasteiger partial charge is 0.493 e. The molecule has 6 rings (SSSR count). The zero-order chi connectivity index (χ0) is 50.0. The number of unbranched alkanes of at least 4 members (excludes halogenated alkanes) is 3. The zero-order valence-electron chi connectivity index (χ0n) is 43.7. The van der Waals surface area contributed by atoms with Crippen LogP contribution in [0.5, 0.6) is 11.5 Å². The van der Waals surface area contributed by atoms with Gasteiger partial charge in [0, 0.05) is 52.9 Å². The number of carbonyl (C=O) groups is 2. The Morgan fingerprint density at radius 1 is 0.500 bits per heavy atom. The molecule has 2 aliphatic heterocycles. The van der Waals surface area contributed by atoms with Crippen LogP contribution in [-0.4, -0.2) is 91.7 Å². The van der Waals surface area contributed by atoms with Crippen molar-refractivity contribution in [2.24, 2.45) is 11.7 Å². The highest BCUT2D eigenvalue weighted by atomic mass is 32.1. The van der Waals surface area contributed by atoms with Gasteiger partial charge < -0.3 is 41.0 Å². The highest BCUT2D eigenvalue weighted by molar-refractivity contribution is 7.17. The van der Waals surface area contributed by atoms with Gasteiger partial charge in [0.1, 0.15) is 18.1 Å². The summed E-state index contributed by atoms with van der Waals surface area (Å²) in [6, 6.07) is 25.6. The van der Waals surface area contributed by atoms with Crippen LogP contribution in [0.1, 0.15) is 142 Å². The predicted molar refractivity (Wildman–Crippen MR) is 295 cm³/mol. The summed E-state index contributed by atoms with van der Waals surface area (Å²) >= 11 is 3.26. The summed E-state index contributed by atoms with van der Waals surface area (Å²) in [5.41, 5.74) is 11.1. The van der Waals surface area contributed by atoms with Crippen LogP contribution in [0, 0.1) is 5.92 Å². The molecule has 0 saturated heterocycles. The van der Waals surface area contributed by atoms with Crippen molar-refractivity contribution in [3.05, 3.63) is 93.7 Å². The molecule has 5 atom stereocenters. The van der Waals surface area contributed by atoms with Gasteiger partial charge in [0.25, 0.3) is 11.8 Å². The van der Waals surface area contributed by atoms with Crippen molar-refractivity contribution in [2.45, 2.75) is 157 Å². The first-order chi connectivity index (χ1) is 34.1. The van der Waals surface area contributed by atoms with Crippen molar-refractivity contribution < 1.29 is 19.1 Å². The lowest BCUT2D eigenvalue weighted by Crippen LogP contribution is -2.43. The number of nitrogens with zero attached hydrogens (tertiary/aromatic N) is 2. The molecule has 70 heavy (non-hydrogen) atoms. The first-order valence-corrected chi connectivity index (χ1v) is 28.5. The number of fused-ring (bicyclic) bond motifs is 1. The minimum absolute atomic E-state index is 0.0636. The standard InChI is InChI=1S/C58H84N6O4S2/c1-9-17-33-60-43(14-6)36-63-55(51-31-29-49(69-51)41-21-25-46(26-22-41)67-38-40(13-5)48(59)20-12-4)53-54(58(63)66)56(64(57(53)65)37-44(15-7)61-34-18-10-2)52-32-30-50(70-52)42-23-27-47(28-24-42)68-39-45(16-8)62-35-19-11-3/h21-32,40,43-45,48,60-62H,9-20,33-39,59H2,1-8H3. The van der Waals surface area contributed by atoms with Crippen LogP contribution in [0.15, 0.2) is 83.9 Å². The molecule has 5 unspecified atom stereocenters. The molecule has 2 aliphatic rings. The van der Waals surface area contributed by atoms with E-state index in [2.05, 4.69) is 120 Å². The van der Waals surface area contributed by atoms with Crippen LogP contribution < -0.4 is 31.2 Å². The van der Waals surface area contributed by atoms with Gasteiger partial charge in [-0.2, -0.15) is 0 Å². The maximum atomic E-state index is 15.4. The van der Waals surface area contributed by atoms with Crippen molar-refractivity contribution in [2.75, 3.05) is 45.9 Å². The molecule has 382 valence electrons. The third-order valence-corrected chi connectivity index (χ3v) is 16.3. The first kappa shape index (κ1) is 55.0. The van der Waals surface area contributed by atoms with Crippen LogP contribution in [0.3, 0.4) is 0 Å². The van der Waals surface area contributed by atoms with Crippen molar-refractivity contribution in [3.8, 4) is 32.4 Å². The Bertz CT molecular complexity index is 2300. The number of ether oxygens (including phenoxy) is 2. The number of nitrogens with two attached hydrogens (primary N) is 1. The Hall–Kier alpha value is -4.30.